The van der Waals surface area contributed by atoms with Crippen molar-refractivity contribution in [3.05, 3.63) is 23.7 Å². The zero-order valence-electron chi connectivity index (χ0n) is 8.60. The number of aliphatic hydroxyl groups is 1. The van der Waals surface area contributed by atoms with Crippen LogP contribution in [0.4, 0.5) is 8.78 Å². The third-order valence-electron chi connectivity index (χ3n) is 1.99. The van der Waals surface area contributed by atoms with E-state index in [0.29, 0.717) is 12.0 Å². The molecule has 1 aromatic rings. The van der Waals surface area contributed by atoms with Crippen LogP contribution in [0.5, 0.6) is 0 Å². The third-order valence-corrected chi connectivity index (χ3v) is 1.99. The Balaban J connectivity index is 2.55. The lowest BCUT2D eigenvalue weighted by molar-refractivity contribution is 0.0708. The van der Waals surface area contributed by atoms with E-state index < -0.39 is 13.0 Å². The minimum Gasteiger partial charge on any atom is -0.457 e. The van der Waals surface area contributed by atoms with Crippen molar-refractivity contribution in [3.63, 3.8) is 0 Å². The molecule has 1 aromatic heterocycles. The van der Waals surface area contributed by atoms with Crippen LogP contribution in [0.15, 0.2) is 16.5 Å². The van der Waals surface area contributed by atoms with Crippen LogP contribution in [0.1, 0.15) is 16.3 Å². The van der Waals surface area contributed by atoms with E-state index in [1.54, 1.807) is 6.07 Å². The van der Waals surface area contributed by atoms with Crippen molar-refractivity contribution in [2.45, 2.75) is 13.0 Å². The molecule has 0 saturated heterocycles. The highest BCUT2D eigenvalue weighted by Gasteiger charge is 2.13. The van der Waals surface area contributed by atoms with E-state index >= 15 is 0 Å². The number of nitrogens with zero attached hydrogens (tertiary/aromatic N) is 1. The van der Waals surface area contributed by atoms with E-state index in [-0.39, 0.29) is 25.5 Å². The summed E-state index contributed by atoms with van der Waals surface area (Å²) in [5.74, 6) is 0.590. The number of alkyl halides is 2. The average Bonchev–Trinajstić information content (AvgIpc) is 2.65. The van der Waals surface area contributed by atoms with Gasteiger partial charge in [0.2, 0.25) is 0 Å². The van der Waals surface area contributed by atoms with Crippen molar-refractivity contribution in [1.82, 2.24) is 4.90 Å². The maximum Gasteiger partial charge on any atom is 0.251 e. The fourth-order valence-electron chi connectivity index (χ4n) is 1.33. The summed E-state index contributed by atoms with van der Waals surface area (Å²) in [5.41, 5.74) is 0. The van der Waals surface area contributed by atoms with Crippen molar-refractivity contribution in [2.24, 2.45) is 0 Å². The molecule has 0 aromatic carbocycles. The summed E-state index contributed by atoms with van der Waals surface area (Å²) in [5, 5.41) is 8.71. The lowest BCUT2D eigenvalue weighted by Gasteiger charge is -2.19. The Morgan fingerprint density at radius 3 is 2.75 bits per heavy atom. The number of aldehydes is 1. The van der Waals surface area contributed by atoms with Crippen LogP contribution in [-0.4, -0.2) is 42.4 Å². The fraction of sp³-hybridized carbons (Fsp3) is 0.500. The highest BCUT2D eigenvalue weighted by molar-refractivity contribution is 5.70. The van der Waals surface area contributed by atoms with Crippen LogP contribution in [0, 0.1) is 0 Å². The summed E-state index contributed by atoms with van der Waals surface area (Å²) in [4.78, 5) is 11.7. The van der Waals surface area contributed by atoms with Gasteiger partial charge in [-0.15, -0.1) is 0 Å². The van der Waals surface area contributed by atoms with Crippen molar-refractivity contribution >= 4 is 6.29 Å². The second-order valence-electron chi connectivity index (χ2n) is 3.27. The van der Waals surface area contributed by atoms with Crippen molar-refractivity contribution in [2.75, 3.05) is 19.7 Å². The lowest BCUT2D eigenvalue weighted by Crippen LogP contribution is -2.31. The largest absolute Gasteiger partial charge is 0.457 e. The first kappa shape index (κ1) is 12.8. The Labute approximate surface area is 91.5 Å². The summed E-state index contributed by atoms with van der Waals surface area (Å²) in [6.07, 6.45) is -1.92. The molecule has 0 unspecified atom stereocenters. The van der Waals surface area contributed by atoms with Crippen LogP contribution in [0.3, 0.4) is 0 Å². The van der Waals surface area contributed by atoms with Crippen LogP contribution < -0.4 is 0 Å². The van der Waals surface area contributed by atoms with Crippen LogP contribution >= 0.6 is 0 Å². The van der Waals surface area contributed by atoms with E-state index in [2.05, 4.69) is 0 Å². The minimum atomic E-state index is -2.47. The molecule has 4 nitrogen and oxygen atoms in total. The van der Waals surface area contributed by atoms with Crippen LogP contribution in [0.2, 0.25) is 0 Å². The Morgan fingerprint density at radius 2 is 2.25 bits per heavy atom. The summed E-state index contributed by atoms with van der Waals surface area (Å²) in [7, 11) is 0. The quantitative estimate of drug-likeness (QED) is 0.718. The van der Waals surface area contributed by atoms with E-state index in [1.165, 1.54) is 11.0 Å². The second kappa shape index (κ2) is 6.34. The summed E-state index contributed by atoms with van der Waals surface area (Å²) < 4.78 is 29.4. The molecule has 90 valence electrons. The molecule has 0 atom stereocenters. The standard InChI is InChI=1S/C10H13F2NO3/c11-10(12)6-13(3-4-14)5-8-1-2-9(7-15)16-8/h1-2,7,10,14H,3-6H2. The topological polar surface area (TPSA) is 53.7 Å². The van der Waals surface area contributed by atoms with Crippen molar-refractivity contribution < 1.29 is 23.1 Å². The van der Waals surface area contributed by atoms with Gasteiger partial charge in [-0.1, -0.05) is 0 Å². The van der Waals surface area contributed by atoms with Gasteiger partial charge in [0.25, 0.3) is 6.43 Å². The Kier molecular flexibility index (Phi) is 5.07. The molecule has 0 amide bonds. The molecule has 0 spiro atoms. The van der Waals surface area contributed by atoms with Gasteiger partial charge in [-0.2, -0.15) is 0 Å². The highest BCUT2D eigenvalue weighted by Crippen LogP contribution is 2.10. The third kappa shape index (κ3) is 4.08. The van der Waals surface area contributed by atoms with Gasteiger partial charge >= 0.3 is 0 Å². The molecule has 6 heteroatoms. The smallest absolute Gasteiger partial charge is 0.251 e. The number of furan rings is 1. The zero-order chi connectivity index (χ0) is 12.0. The molecule has 0 bridgehead atoms. The number of carbonyl (C=O) groups excluding carboxylic acids is 1. The summed E-state index contributed by atoms with van der Waals surface area (Å²) >= 11 is 0. The molecular weight excluding hydrogens is 220 g/mol. The average molecular weight is 233 g/mol. The van der Waals surface area contributed by atoms with Gasteiger partial charge < -0.3 is 9.52 Å². The predicted molar refractivity (Wildman–Crippen MR) is 52.5 cm³/mol. The number of hydrogen-bond acceptors (Lipinski definition) is 4. The molecule has 1 heterocycles. The molecule has 0 aliphatic heterocycles. The first-order chi connectivity index (χ1) is 7.65. The van der Waals surface area contributed by atoms with Crippen LogP contribution in [-0.2, 0) is 6.54 Å². The SMILES string of the molecule is O=Cc1ccc(CN(CCO)CC(F)F)o1. The Morgan fingerprint density at radius 1 is 1.50 bits per heavy atom. The normalized spacial score (nSPS) is 11.3. The van der Waals surface area contributed by atoms with Gasteiger partial charge in [0.1, 0.15) is 5.76 Å². The van der Waals surface area contributed by atoms with E-state index in [9.17, 15) is 13.6 Å². The number of carbonyl (C=O) groups is 1. The molecule has 0 saturated carbocycles. The van der Waals surface area contributed by atoms with Crippen molar-refractivity contribution in [1.29, 1.82) is 0 Å². The van der Waals surface area contributed by atoms with Crippen LogP contribution in [0.25, 0.3) is 0 Å². The molecule has 16 heavy (non-hydrogen) atoms. The highest BCUT2D eigenvalue weighted by atomic mass is 19.3. The minimum absolute atomic E-state index is 0.140. The molecule has 0 fully saturated rings. The number of rotatable bonds is 7. The van der Waals surface area contributed by atoms with Gasteiger partial charge in [-0.3, -0.25) is 9.69 Å². The maximum absolute atomic E-state index is 12.2. The molecule has 1 rings (SSSR count). The van der Waals surface area contributed by atoms with E-state index in [1.807, 2.05) is 0 Å². The molecule has 1 N–H and O–H groups in total. The van der Waals surface area contributed by atoms with Gasteiger partial charge in [0.15, 0.2) is 12.0 Å². The van der Waals surface area contributed by atoms with E-state index in [4.69, 9.17) is 9.52 Å². The monoisotopic (exact) mass is 233 g/mol. The molecule has 0 radical (unpaired) electrons. The first-order valence-corrected chi connectivity index (χ1v) is 4.81. The fourth-order valence-corrected chi connectivity index (χ4v) is 1.33. The van der Waals surface area contributed by atoms with E-state index in [0.717, 1.165) is 0 Å². The van der Waals surface area contributed by atoms with Crippen molar-refractivity contribution in [3.8, 4) is 0 Å². The lowest BCUT2D eigenvalue weighted by atomic mass is 10.4. The number of halogens is 2. The zero-order valence-corrected chi connectivity index (χ0v) is 8.60. The van der Waals surface area contributed by atoms with Gasteiger partial charge in [-0.25, -0.2) is 8.78 Å². The summed E-state index contributed by atoms with van der Waals surface area (Å²) in [6.45, 7) is -0.341. The second-order valence-corrected chi connectivity index (χ2v) is 3.27. The number of hydrogen-bond donors (Lipinski definition) is 1. The molecule has 0 aliphatic carbocycles. The number of aliphatic hydroxyl groups excluding tert-OH is 1. The van der Waals surface area contributed by atoms with Gasteiger partial charge in [-0.05, 0) is 12.1 Å². The maximum atomic E-state index is 12.2. The van der Waals surface area contributed by atoms with Gasteiger partial charge in [0, 0.05) is 6.54 Å². The van der Waals surface area contributed by atoms with Gasteiger partial charge in [0.05, 0.1) is 19.7 Å². The Bertz CT molecular complexity index is 328. The predicted octanol–water partition coefficient (Wildman–Crippen LogP) is 1.15. The first-order valence-electron chi connectivity index (χ1n) is 4.81. The molecular formula is C10H13F2NO3. The molecule has 0 aliphatic rings. The summed E-state index contributed by atoms with van der Waals surface area (Å²) in [6, 6.07) is 3.03. The Hall–Kier alpha value is -1.27.